The summed E-state index contributed by atoms with van der Waals surface area (Å²) in [5, 5.41) is 1.18. The van der Waals surface area contributed by atoms with E-state index in [4.69, 9.17) is 9.78 Å². The van der Waals surface area contributed by atoms with Gasteiger partial charge in [0.25, 0.3) is 0 Å². The summed E-state index contributed by atoms with van der Waals surface area (Å²) in [5.41, 5.74) is 4.48. The maximum absolute atomic E-state index is 11.8. The highest BCUT2D eigenvalue weighted by Crippen LogP contribution is 2.13. The predicted molar refractivity (Wildman–Crippen MR) is 88.3 cm³/mol. The van der Waals surface area contributed by atoms with Gasteiger partial charge in [-0.3, -0.25) is 4.89 Å². The van der Waals surface area contributed by atoms with Crippen molar-refractivity contribution in [3.63, 3.8) is 0 Å². The number of hydrogen-bond acceptors (Lipinski definition) is 3. The Morgan fingerprint density at radius 3 is 2.24 bits per heavy atom. The summed E-state index contributed by atoms with van der Waals surface area (Å²) in [5.74, 6) is -0.309. The monoisotopic (exact) mass is 303 g/mol. The average Bonchev–Trinajstić information content (AvgIpc) is 2.50. The van der Waals surface area contributed by atoms with Gasteiger partial charge in [-0.1, -0.05) is 49.5 Å². The molecule has 0 aliphatic rings. The summed E-state index contributed by atoms with van der Waals surface area (Å²) >= 11 is 0. The fraction of sp³-hybridized carbons (Fsp3) is 0.294. The van der Waals surface area contributed by atoms with Crippen molar-refractivity contribution in [2.75, 3.05) is 0 Å². The predicted octanol–water partition coefficient (Wildman–Crippen LogP) is 3.72. The molecule has 1 rings (SSSR count). The molecule has 0 N–H and O–H groups in total. The van der Waals surface area contributed by atoms with Gasteiger partial charge in [-0.25, -0.2) is 4.79 Å². The Morgan fingerprint density at radius 2 is 1.81 bits per heavy atom. The molecule has 1 aromatic carbocycles. The molecule has 4 heteroatoms. The van der Waals surface area contributed by atoms with Crippen molar-refractivity contribution in [1.29, 1.82) is 0 Å². The van der Waals surface area contributed by atoms with Crippen molar-refractivity contribution in [3.8, 4) is 0 Å². The maximum Gasteiger partial charge on any atom is 0.373 e. The maximum atomic E-state index is 11.8. The van der Waals surface area contributed by atoms with Gasteiger partial charge < -0.3 is 0 Å². The molecule has 1 radical (unpaired) electrons. The van der Waals surface area contributed by atoms with Crippen LogP contribution in [0, 0.1) is 12.5 Å². The second-order valence-corrected chi connectivity index (χ2v) is 9.41. The van der Waals surface area contributed by atoms with E-state index in [2.05, 4.69) is 20.1 Å². The molecule has 0 saturated carbocycles. The summed E-state index contributed by atoms with van der Waals surface area (Å²) in [4.78, 5) is 21.3. The second kappa shape index (κ2) is 7.95. The molecule has 1 aromatic rings. The molecule has 0 aromatic heterocycles. The van der Waals surface area contributed by atoms with Gasteiger partial charge in [0.15, 0.2) is 0 Å². The Labute approximate surface area is 128 Å². The molecular weight excluding hydrogens is 280 g/mol. The molecule has 113 valence electrons. The summed E-state index contributed by atoms with van der Waals surface area (Å²) in [6.07, 6.45) is 0. The Balaban J connectivity index is 2.80. The molecule has 3 nitrogen and oxygen atoms in total. The lowest BCUT2D eigenvalue weighted by atomic mass is 10.2. The molecular formula is C17H23O3Si. The average molecular weight is 303 g/mol. The topological polar surface area (TPSA) is 35.5 Å². The third-order valence-electron chi connectivity index (χ3n) is 3.42. The zero-order valence-corrected chi connectivity index (χ0v) is 14.0. The van der Waals surface area contributed by atoms with Gasteiger partial charge in [-0.05, 0) is 24.1 Å². The SMILES string of the molecule is C=C[Si](C=C)(CC)c1ccc(C(=O)OO[CH]C(C)C)cc1. The molecule has 0 atom stereocenters. The fourth-order valence-corrected chi connectivity index (χ4v) is 4.37. The minimum Gasteiger partial charge on any atom is -0.292 e. The molecule has 21 heavy (non-hydrogen) atoms. The number of benzene rings is 1. The van der Waals surface area contributed by atoms with Crippen LogP contribution >= 0.6 is 0 Å². The van der Waals surface area contributed by atoms with Gasteiger partial charge >= 0.3 is 5.97 Å². The van der Waals surface area contributed by atoms with Gasteiger partial charge in [0.05, 0.1) is 5.56 Å². The minimum absolute atomic E-state index is 0.191. The van der Waals surface area contributed by atoms with E-state index in [-0.39, 0.29) is 5.92 Å². The molecule has 0 aliphatic carbocycles. The highest BCUT2D eigenvalue weighted by molar-refractivity contribution is 6.99. The van der Waals surface area contributed by atoms with E-state index in [1.165, 1.54) is 11.8 Å². The zero-order chi connectivity index (χ0) is 15.9. The molecule has 0 spiro atoms. The van der Waals surface area contributed by atoms with E-state index in [0.29, 0.717) is 5.56 Å². The first-order chi connectivity index (χ1) is 9.99. The number of carbonyl (C=O) groups excluding carboxylic acids is 1. The van der Waals surface area contributed by atoms with Gasteiger partial charge in [-0.15, -0.1) is 13.2 Å². The normalized spacial score (nSPS) is 11.2. The van der Waals surface area contributed by atoms with E-state index in [9.17, 15) is 4.79 Å². The first kappa shape index (κ1) is 17.4. The lowest BCUT2D eigenvalue weighted by Crippen LogP contribution is -2.43. The molecule has 0 fully saturated rings. The van der Waals surface area contributed by atoms with Crippen LogP contribution in [-0.4, -0.2) is 14.0 Å². The zero-order valence-electron chi connectivity index (χ0n) is 13.0. The summed E-state index contributed by atoms with van der Waals surface area (Å²) < 4.78 is 0. The Bertz CT molecular complexity index is 483. The van der Waals surface area contributed by atoms with Crippen LogP contribution in [0.3, 0.4) is 0 Å². The van der Waals surface area contributed by atoms with Crippen molar-refractivity contribution in [1.82, 2.24) is 0 Å². The van der Waals surface area contributed by atoms with Gasteiger partial charge in [0.2, 0.25) is 0 Å². The number of rotatable bonds is 8. The van der Waals surface area contributed by atoms with Crippen LogP contribution in [-0.2, 0) is 9.78 Å². The van der Waals surface area contributed by atoms with Crippen molar-refractivity contribution in [2.45, 2.75) is 26.8 Å². The summed E-state index contributed by atoms with van der Waals surface area (Å²) in [6.45, 7) is 15.3. The number of hydrogen-bond donors (Lipinski definition) is 0. The van der Waals surface area contributed by atoms with Gasteiger partial charge in [-0.2, -0.15) is 4.89 Å². The van der Waals surface area contributed by atoms with Crippen LogP contribution < -0.4 is 5.19 Å². The smallest absolute Gasteiger partial charge is 0.292 e. The van der Waals surface area contributed by atoms with Crippen LogP contribution in [0.15, 0.2) is 48.8 Å². The molecule has 0 aliphatic heterocycles. The lowest BCUT2D eigenvalue weighted by Gasteiger charge is -2.23. The van der Waals surface area contributed by atoms with Crippen molar-refractivity contribution in [2.24, 2.45) is 5.92 Å². The summed E-state index contributed by atoms with van der Waals surface area (Å²) in [6, 6.07) is 8.39. The van der Waals surface area contributed by atoms with Crippen LogP contribution in [0.4, 0.5) is 0 Å². The van der Waals surface area contributed by atoms with E-state index >= 15 is 0 Å². The third-order valence-corrected chi connectivity index (χ3v) is 7.46. The van der Waals surface area contributed by atoms with Crippen LogP contribution in [0.2, 0.25) is 6.04 Å². The van der Waals surface area contributed by atoms with E-state index in [1.807, 2.05) is 37.4 Å². The van der Waals surface area contributed by atoms with Crippen LogP contribution in [0.1, 0.15) is 31.1 Å². The van der Waals surface area contributed by atoms with E-state index in [1.54, 1.807) is 12.1 Å². The third kappa shape index (κ3) is 4.41. The quantitative estimate of drug-likeness (QED) is 0.417. The Kier molecular flexibility index (Phi) is 6.59. The van der Waals surface area contributed by atoms with Gasteiger partial charge in [0.1, 0.15) is 14.7 Å². The van der Waals surface area contributed by atoms with Crippen molar-refractivity contribution >= 4 is 19.2 Å². The molecule has 0 bridgehead atoms. The van der Waals surface area contributed by atoms with E-state index < -0.39 is 14.0 Å². The highest BCUT2D eigenvalue weighted by Gasteiger charge is 2.26. The lowest BCUT2D eigenvalue weighted by molar-refractivity contribution is -0.217. The molecule has 0 heterocycles. The minimum atomic E-state index is -1.85. The largest absolute Gasteiger partial charge is 0.373 e. The van der Waals surface area contributed by atoms with Gasteiger partial charge in [0, 0.05) is 0 Å². The second-order valence-electron chi connectivity index (χ2n) is 5.23. The molecule has 0 saturated heterocycles. The first-order valence-electron chi connectivity index (χ1n) is 7.07. The number of carbonyl (C=O) groups is 1. The Morgan fingerprint density at radius 1 is 1.24 bits per heavy atom. The molecule has 0 amide bonds. The fourth-order valence-electron chi connectivity index (χ4n) is 1.96. The van der Waals surface area contributed by atoms with Crippen molar-refractivity contribution in [3.05, 3.63) is 61.0 Å². The van der Waals surface area contributed by atoms with Crippen LogP contribution in [0.25, 0.3) is 0 Å². The highest BCUT2D eigenvalue weighted by atomic mass is 28.3. The van der Waals surface area contributed by atoms with Crippen molar-refractivity contribution < 1.29 is 14.6 Å². The van der Waals surface area contributed by atoms with E-state index in [0.717, 1.165) is 6.04 Å². The first-order valence-corrected chi connectivity index (χ1v) is 9.44. The summed E-state index contributed by atoms with van der Waals surface area (Å²) in [7, 11) is -1.85. The standard InChI is InChI=1S/C17H23O3Si/c1-6-21(7-2,8-3)16-11-9-15(10-12-16)17(18)20-19-13-14(4)5/h6-7,9-14H,1-2,8H2,3-5H3. The Hall–Kier alpha value is -1.65. The van der Waals surface area contributed by atoms with Crippen LogP contribution in [0.5, 0.6) is 0 Å². The molecule has 0 unspecified atom stereocenters.